The highest BCUT2D eigenvalue weighted by Crippen LogP contribution is 2.17. The minimum absolute atomic E-state index is 0.0975. The Hall–Kier alpha value is -2.50. The quantitative estimate of drug-likeness (QED) is 0.0781. The van der Waals surface area contributed by atoms with Gasteiger partial charge in [0.25, 0.3) is 5.69 Å². The van der Waals surface area contributed by atoms with E-state index in [1.54, 1.807) is 6.07 Å². The second kappa shape index (κ2) is 13.6. The van der Waals surface area contributed by atoms with Gasteiger partial charge in [0.15, 0.2) is 5.78 Å². The summed E-state index contributed by atoms with van der Waals surface area (Å²) in [4.78, 5) is 34.3. The van der Waals surface area contributed by atoms with Gasteiger partial charge in [-0.05, 0) is 25.0 Å². The van der Waals surface area contributed by atoms with Crippen LogP contribution in [-0.4, -0.2) is 23.3 Å². The molecule has 0 bridgehead atoms. The zero-order valence-electron chi connectivity index (χ0n) is 16.9. The molecule has 0 aliphatic rings. The van der Waals surface area contributed by atoms with Crippen LogP contribution in [0.3, 0.4) is 0 Å². The van der Waals surface area contributed by atoms with Gasteiger partial charge < -0.3 is 4.74 Å². The number of benzene rings is 1. The van der Waals surface area contributed by atoms with Gasteiger partial charge in [0.1, 0.15) is 5.57 Å². The number of Topliss-reactive ketones (excluding diaryl/α,β-unsaturated/α-hetero) is 1. The molecule has 1 rings (SSSR count). The van der Waals surface area contributed by atoms with Crippen molar-refractivity contribution < 1.29 is 19.2 Å². The first kappa shape index (κ1) is 23.5. The van der Waals surface area contributed by atoms with Crippen LogP contribution in [0.5, 0.6) is 0 Å². The van der Waals surface area contributed by atoms with E-state index in [1.807, 2.05) is 0 Å². The summed E-state index contributed by atoms with van der Waals surface area (Å²) in [7, 11) is 0. The Morgan fingerprint density at radius 3 is 2.21 bits per heavy atom. The van der Waals surface area contributed by atoms with E-state index in [-0.39, 0.29) is 17.9 Å². The van der Waals surface area contributed by atoms with Crippen molar-refractivity contribution in [1.82, 2.24) is 0 Å². The van der Waals surface area contributed by atoms with Crippen LogP contribution in [0.4, 0.5) is 5.69 Å². The summed E-state index contributed by atoms with van der Waals surface area (Å²) >= 11 is 0. The van der Waals surface area contributed by atoms with E-state index in [4.69, 9.17) is 4.74 Å². The fourth-order valence-corrected chi connectivity index (χ4v) is 2.85. The highest BCUT2D eigenvalue weighted by molar-refractivity contribution is 6.19. The van der Waals surface area contributed by atoms with Crippen molar-refractivity contribution in [3.63, 3.8) is 0 Å². The van der Waals surface area contributed by atoms with Crippen molar-refractivity contribution in [3.8, 4) is 0 Å². The Labute approximate surface area is 167 Å². The molecular weight excluding hydrogens is 358 g/mol. The molecule has 6 nitrogen and oxygen atoms in total. The molecule has 0 N–H and O–H groups in total. The summed E-state index contributed by atoms with van der Waals surface area (Å²) in [6.07, 6.45) is 11.8. The van der Waals surface area contributed by atoms with Crippen LogP contribution in [-0.2, 0) is 14.3 Å². The zero-order chi connectivity index (χ0) is 20.8. The van der Waals surface area contributed by atoms with Crippen molar-refractivity contribution in [1.29, 1.82) is 0 Å². The molecule has 28 heavy (non-hydrogen) atoms. The number of ketones is 1. The number of esters is 1. The Morgan fingerprint density at radius 1 is 1.04 bits per heavy atom. The molecule has 0 spiro atoms. The maximum atomic E-state index is 12.2. The van der Waals surface area contributed by atoms with E-state index >= 15 is 0 Å². The number of hydrogen-bond acceptors (Lipinski definition) is 5. The van der Waals surface area contributed by atoms with Gasteiger partial charge in [0.2, 0.25) is 0 Å². The lowest BCUT2D eigenvalue weighted by Crippen LogP contribution is -2.14. The number of rotatable bonds is 14. The van der Waals surface area contributed by atoms with Crippen LogP contribution in [0, 0.1) is 10.1 Å². The smallest absolute Gasteiger partial charge is 0.341 e. The largest absolute Gasteiger partial charge is 0.462 e. The summed E-state index contributed by atoms with van der Waals surface area (Å²) in [6.45, 7) is 3.76. The number of hydrogen-bond donors (Lipinski definition) is 0. The second-order valence-corrected chi connectivity index (χ2v) is 6.93. The Morgan fingerprint density at radius 2 is 1.64 bits per heavy atom. The monoisotopic (exact) mass is 389 g/mol. The molecule has 1 aromatic rings. The number of ether oxygens (including phenoxy) is 1. The van der Waals surface area contributed by atoms with Gasteiger partial charge >= 0.3 is 5.97 Å². The van der Waals surface area contributed by atoms with Crippen LogP contribution in [0.15, 0.2) is 29.8 Å². The number of non-ortho nitro benzene ring substituents is 1. The Kier molecular flexibility index (Phi) is 11.5. The van der Waals surface area contributed by atoms with Gasteiger partial charge in [-0.2, -0.15) is 0 Å². The molecule has 0 saturated carbocycles. The van der Waals surface area contributed by atoms with Gasteiger partial charge in [-0.15, -0.1) is 0 Å². The fourth-order valence-electron chi connectivity index (χ4n) is 2.85. The normalized spacial score (nSPS) is 11.3. The first-order chi connectivity index (χ1) is 13.5. The molecule has 0 aliphatic carbocycles. The van der Waals surface area contributed by atoms with E-state index in [0.29, 0.717) is 5.56 Å². The molecule has 0 radical (unpaired) electrons. The lowest BCUT2D eigenvalue weighted by molar-refractivity contribution is -0.384. The molecule has 154 valence electrons. The summed E-state index contributed by atoms with van der Waals surface area (Å²) in [6, 6.07) is 5.78. The molecule has 0 saturated heterocycles. The zero-order valence-corrected chi connectivity index (χ0v) is 16.9. The average Bonchev–Trinajstić information content (AvgIpc) is 2.67. The molecule has 0 fully saturated rings. The van der Waals surface area contributed by atoms with Gasteiger partial charge in [-0.3, -0.25) is 14.9 Å². The standard InChI is InChI=1S/C22H31NO5/c1-3-4-5-6-7-8-9-10-11-15-28-22(25)21(18(2)24)17-19-13-12-14-20(16-19)23(26)27/h12-14,16-17H,3-11,15H2,1-2H3/b21-17-. The lowest BCUT2D eigenvalue weighted by atomic mass is 10.1. The first-order valence-electron chi connectivity index (χ1n) is 10.1. The average molecular weight is 389 g/mol. The van der Waals surface area contributed by atoms with Gasteiger partial charge in [0, 0.05) is 12.1 Å². The predicted molar refractivity (Wildman–Crippen MR) is 110 cm³/mol. The third-order valence-corrected chi connectivity index (χ3v) is 4.47. The number of nitro groups is 1. The second-order valence-electron chi connectivity index (χ2n) is 6.93. The van der Waals surface area contributed by atoms with Crippen LogP contribution < -0.4 is 0 Å². The van der Waals surface area contributed by atoms with E-state index < -0.39 is 16.7 Å². The minimum Gasteiger partial charge on any atom is -0.462 e. The number of carbonyl (C=O) groups excluding carboxylic acids is 2. The van der Waals surface area contributed by atoms with Crippen LogP contribution in [0.1, 0.15) is 77.2 Å². The van der Waals surface area contributed by atoms with E-state index in [0.717, 1.165) is 19.3 Å². The maximum absolute atomic E-state index is 12.2. The molecule has 0 aromatic heterocycles. The maximum Gasteiger partial charge on any atom is 0.341 e. The van der Waals surface area contributed by atoms with E-state index in [1.165, 1.54) is 69.7 Å². The minimum atomic E-state index is -0.682. The fraction of sp³-hybridized carbons (Fsp3) is 0.545. The topological polar surface area (TPSA) is 86.5 Å². The van der Waals surface area contributed by atoms with Crippen LogP contribution in [0.2, 0.25) is 0 Å². The van der Waals surface area contributed by atoms with Crippen molar-refractivity contribution in [2.24, 2.45) is 0 Å². The third-order valence-electron chi connectivity index (χ3n) is 4.47. The summed E-state index contributed by atoms with van der Waals surface area (Å²) in [5.74, 6) is -1.11. The molecule has 0 unspecified atom stereocenters. The molecule has 0 heterocycles. The Balaban J connectivity index is 2.42. The van der Waals surface area contributed by atoms with Crippen LogP contribution in [0.25, 0.3) is 6.08 Å². The van der Waals surface area contributed by atoms with Crippen molar-refractivity contribution in [2.75, 3.05) is 6.61 Å². The highest BCUT2D eigenvalue weighted by atomic mass is 16.6. The molecule has 1 aromatic carbocycles. The van der Waals surface area contributed by atoms with Crippen LogP contribution >= 0.6 is 0 Å². The summed E-state index contributed by atoms with van der Waals surface area (Å²) < 4.78 is 5.21. The van der Waals surface area contributed by atoms with Gasteiger partial charge in [-0.25, -0.2) is 4.79 Å². The van der Waals surface area contributed by atoms with Crippen molar-refractivity contribution in [2.45, 2.75) is 71.6 Å². The first-order valence-corrected chi connectivity index (χ1v) is 10.1. The molecule has 0 aliphatic heterocycles. The third kappa shape index (κ3) is 9.44. The molecule has 6 heteroatoms. The molecule has 0 atom stereocenters. The van der Waals surface area contributed by atoms with Gasteiger partial charge in [0.05, 0.1) is 11.5 Å². The number of nitrogens with zero attached hydrogens (tertiary/aromatic N) is 1. The number of nitro benzene ring substituents is 1. The van der Waals surface area contributed by atoms with E-state index in [2.05, 4.69) is 6.92 Å². The van der Waals surface area contributed by atoms with Crippen molar-refractivity contribution >= 4 is 23.5 Å². The SMILES string of the molecule is CCCCCCCCCCCOC(=O)/C(=C\c1cccc([N+](=O)[O-])c1)C(C)=O. The predicted octanol–water partition coefficient (Wildman–Crippen LogP) is 5.64. The lowest BCUT2D eigenvalue weighted by Gasteiger charge is -2.07. The summed E-state index contributed by atoms with van der Waals surface area (Å²) in [5, 5.41) is 10.8. The van der Waals surface area contributed by atoms with Gasteiger partial charge in [-0.1, -0.05) is 70.4 Å². The molecular formula is C22H31NO5. The Bertz CT molecular complexity index is 681. The molecule has 0 amide bonds. The number of unbranched alkanes of at least 4 members (excludes halogenated alkanes) is 8. The summed E-state index contributed by atoms with van der Waals surface area (Å²) in [5.41, 5.74) is 0.218. The highest BCUT2D eigenvalue weighted by Gasteiger charge is 2.16. The number of carbonyl (C=O) groups is 2. The van der Waals surface area contributed by atoms with E-state index in [9.17, 15) is 19.7 Å². The van der Waals surface area contributed by atoms with Crippen molar-refractivity contribution in [3.05, 3.63) is 45.5 Å².